The van der Waals surface area contributed by atoms with Crippen LogP contribution in [0.25, 0.3) is 21.8 Å². The van der Waals surface area contributed by atoms with Gasteiger partial charge in [0.25, 0.3) is 5.91 Å². The summed E-state index contributed by atoms with van der Waals surface area (Å²) < 4.78 is 33.2. The number of ether oxygens (including phenoxy) is 1. The molecular weight excluding hydrogens is 482 g/mol. The number of anilines is 1. The maximum Gasteiger partial charge on any atom is 0.261 e. The smallest absolute Gasteiger partial charge is 0.261 e. The molecule has 0 aliphatic rings. The molecule has 0 fully saturated rings. The lowest BCUT2D eigenvalue weighted by Gasteiger charge is -2.09. The Kier molecular flexibility index (Phi) is 7.56. The molecule has 6 nitrogen and oxygen atoms in total. The summed E-state index contributed by atoms with van der Waals surface area (Å²) in [6.07, 6.45) is 3.09. The number of amides is 1. The van der Waals surface area contributed by atoms with Gasteiger partial charge in [0, 0.05) is 37.6 Å². The van der Waals surface area contributed by atoms with E-state index in [4.69, 9.17) is 21.3 Å². The maximum absolute atomic E-state index is 14.0. The average molecular weight is 501 g/mol. The van der Waals surface area contributed by atoms with Crippen LogP contribution >= 0.6 is 22.9 Å². The summed E-state index contributed by atoms with van der Waals surface area (Å²) in [4.78, 5) is 26.4. The number of thiazole rings is 1. The van der Waals surface area contributed by atoms with Crippen molar-refractivity contribution in [1.29, 1.82) is 0 Å². The van der Waals surface area contributed by atoms with Crippen molar-refractivity contribution in [2.24, 2.45) is 0 Å². The molecule has 0 radical (unpaired) electrons. The molecule has 4 rings (SSSR count). The Morgan fingerprint density at radius 3 is 2.62 bits per heavy atom. The van der Waals surface area contributed by atoms with Crippen LogP contribution < -0.4 is 5.32 Å². The van der Waals surface area contributed by atoms with Crippen molar-refractivity contribution >= 4 is 34.5 Å². The van der Waals surface area contributed by atoms with Gasteiger partial charge < -0.3 is 10.1 Å². The molecule has 0 saturated heterocycles. The monoisotopic (exact) mass is 500 g/mol. The first kappa shape index (κ1) is 23.9. The van der Waals surface area contributed by atoms with Gasteiger partial charge in [-0.1, -0.05) is 18.2 Å². The maximum atomic E-state index is 14.0. The van der Waals surface area contributed by atoms with Gasteiger partial charge in [0.05, 0.1) is 21.3 Å². The lowest BCUT2D eigenvalue weighted by atomic mass is 10.1. The van der Waals surface area contributed by atoms with Gasteiger partial charge in [-0.2, -0.15) is 0 Å². The molecule has 2 aromatic carbocycles. The van der Waals surface area contributed by atoms with Gasteiger partial charge in [0.1, 0.15) is 17.2 Å². The number of hydrogen-bond donors (Lipinski definition) is 1. The van der Waals surface area contributed by atoms with E-state index in [1.54, 1.807) is 37.6 Å². The quantitative estimate of drug-likeness (QED) is 0.236. The van der Waals surface area contributed by atoms with Crippen LogP contribution in [0, 0.1) is 11.6 Å². The molecule has 1 N–H and O–H groups in total. The van der Waals surface area contributed by atoms with Gasteiger partial charge in [-0.05, 0) is 48.4 Å². The van der Waals surface area contributed by atoms with E-state index in [1.165, 1.54) is 17.4 Å². The Balaban J connectivity index is 1.68. The molecule has 0 bridgehead atoms. The Hall–Kier alpha value is -3.27. The summed E-state index contributed by atoms with van der Waals surface area (Å²) in [5.74, 6) is -2.75. The average Bonchev–Trinajstić information content (AvgIpc) is 3.24. The highest BCUT2D eigenvalue weighted by molar-refractivity contribution is 7.15. The summed E-state index contributed by atoms with van der Waals surface area (Å²) in [6.45, 7) is 0.609. The fourth-order valence-electron chi connectivity index (χ4n) is 3.32. The topological polar surface area (TPSA) is 77.0 Å². The zero-order chi connectivity index (χ0) is 24.1. The van der Waals surface area contributed by atoms with E-state index in [0.29, 0.717) is 35.7 Å². The molecule has 34 heavy (non-hydrogen) atoms. The minimum atomic E-state index is -0.934. The van der Waals surface area contributed by atoms with Gasteiger partial charge in [-0.3, -0.25) is 4.79 Å². The van der Waals surface area contributed by atoms with Crippen molar-refractivity contribution in [1.82, 2.24) is 15.0 Å². The lowest BCUT2D eigenvalue weighted by Crippen LogP contribution is -2.15. The van der Waals surface area contributed by atoms with Crippen molar-refractivity contribution < 1.29 is 18.3 Å². The van der Waals surface area contributed by atoms with E-state index in [2.05, 4.69) is 15.3 Å². The first-order valence-corrected chi connectivity index (χ1v) is 11.5. The van der Waals surface area contributed by atoms with Crippen molar-refractivity contribution in [2.45, 2.75) is 12.8 Å². The zero-order valence-electron chi connectivity index (χ0n) is 18.0. The molecular formula is C24H19ClF2N4O2S. The number of nitrogens with one attached hydrogen (secondary N) is 1. The van der Waals surface area contributed by atoms with Gasteiger partial charge in [0.15, 0.2) is 0 Å². The number of nitrogens with zero attached hydrogens (tertiary/aromatic N) is 3. The molecule has 0 unspecified atom stereocenters. The predicted molar refractivity (Wildman–Crippen MR) is 128 cm³/mol. The third-order valence-corrected chi connectivity index (χ3v) is 6.17. The first-order valence-electron chi connectivity index (χ1n) is 10.3. The molecule has 2 heterocycles. The minimum Gasteiger partial charge on any atom is -0.385 e. The second-order valence-corrected chi connectivity index (χ2v) is 8.65. The normalized spacial score (nSPS) is 10.9. The van der Waals surface area contributed by atoms with Crippen LogP contribution in [-0.2, 0) is 11.2 Å². The standard InChI is InChI=1S/C24H19ClF2N4O2S/c1-33-12-4-9-19-31-21(22(34-19)18-10-11-28-24(25)30-18)14-5-2-6-15(13-14)29-23(32)20-16(26)7-3-8-17(20)27/h2-3,5-8,10-11,13H,4,9,12H2,1H3,(H,29,32). The molecule has 1 amide bonds. The molecule has 4 aromatic rings. The summed E-state index contributed by atoms with van der Waals surface area (Å²) in [5.41, 5.74) is 1.70. The third kappa shape index (κ3) is 5.44. The van der Waals surface area contributed by atoms with Crippen molar-refractivity contribution in [3.8, 4) is 21.8 Å². The van der Waals surface area contributed by atoms with Crippen molar-refractivity contribution in [3.63, 3.8) is 0 Å². The van der Waals surface area contributed by atoms with Gasteiger partial charge >= 0.3 is 0 Å². The van der Waals surface area contributed by atoms with Gasteiger partial charge in [-0.15, -0.1) is 11.3 Å². The van der Waals surface area contributed by atoms with Gasteiger partial charge in [0.2, 0.25) is 5.28 Å². The number of hydrogen-bond acceptors (Lipinski definition) is 6. The SMILES string of the molecule is COCCCc1nc(-c2cccc(NC(=O)c3c(F)cccc3F)c2)c(-c2ccnc(Cl)n2)s1. The largest absolute Gasteiger partial charge is 0.385 e. The van der Waals surface area contributed by atoms with E-state index < -0.39 is 23.1 Å². The second-order valence-electron chi connectivity index (χ2n) is 7.22. The Labute approximate surface area is 203 Å². The van der Waals surface area contributed by atoms with E-state index in [1.807, 2.05) is 6.07 Å². The molecule has 0 atom stereocenters. The molecule has 2 aromatic heterocycles. The number of rotatable bonds is 8. The number of benzene rings is 2. The number of carbonyl (C=O) groups is 1. The molecule has 0 aliphatic carbocycles. The van der Waals surface area contributed by atoms with Crippen LogP contribution in [-0.4, -0.2) is 34.6 Å². The third-order valence-electron chi connectivity index (χ3n) is 4.85. The first-order chi connectivity index (χ1) is 16.5. The number of aryl methyl sites for hydroxylation is 1. The number of carbonyl (C=O) groups excluding carboxylic acids is 1. The Morgan fingerprint density at radius 1 is 1.12 bits per heavy atom. The second kappa shape index (κ2) is 10.8. The van der Waals surface area contributed by atoms with E-state index in [0.717, 1.165) is 28.4 Å². The minimum absolute atomic E-state index is 0.116. The Morgan fingerprint density at radius 2 is 1.88 bits per heavy atom. The fraction of sp³-hybridized carbons (Fsp3) is 0.167. The van der Waals surface area contributed by atoms with Crippen LogP contribution in [0.5, 0.6) is 0 Å². The number of methoxy groups -OCH3 is 1. The van der Waals surface area contributed by atoms with Crippen LogP contribution in [0.2, 0.25) is 5.28 Å². The molecule has 10 heteroatoms. The van der Waals surface area contributed by atoms with Gasteiger partial charge in [-0.25, -0.2) is 23.7 Å². The number of halogens is 3. The molecule has 0 aliphatic heterocycles. The van der Waals surface area contributed by atoms with E-state index in [9.17, 15) is 13.6 Å². The summed E-state index contributed by atoms with van der Waals surface area (Å²) >= 11 is 7.49. The van der Waals surface area contributed by atoms with Crippen LogP contribution in [0.4, 0.5) is 14.5 Å². The summed E-state index contributed by atoms with van der Waals surface area (Å²) in [7, 11) is 1.65. The van der Waals surface area contributed by atoms with Crippen LogP contribution in [0.3, 0.4) is 0 Å². The summed E-state index contributed by atoms with van der Waals surface area (Å²) in [6, 6.07) is 11.9. The van der Waals surface area contributed by atoms with Crippen molar-refractivity contribution in [3.05, 3.63) is 82.2 Å². The lowest BCUT2D eigenvalue weighted by molar-refractivity contribution is 0.101. The van der Waals surface area contributed by atoms with Crippen LogP contribution in [0.1, 0.15) is 21.8 Å². The fourth-order valence-corrected chi connectivity index (χ4v) is 4.57. The highest BCUT2D eigenvalue weighted by Crippen LogP contribution is 2.37. The molecule has 0 saturated carbocycles. The van der Waals surface area contributed by atoms with E-state index in [-0.39, 0.29) is 5.28 Å². The predicted octanol–water partition coefficient (Wildman–Crippen LogP) is 6.03. The van der Waals surface area contributed by atoms with E-state index >= 15 is 0 Å². The molecule has 0 spiro atoms. The highest BCUT2D eigenvalue weighted by atomic mass is 35.5. The number of aromatic nitrogens is 3. The zero-order valence-corrected chi connectivity index (χ0v) is 19.6. The van der Waals surface area contributed by atoms with Crippen LogP contribution in [0.15, 0.2) is 54.7 Å². The molecule has 174 valence electrons. The summed E-state index contributed by atoms with van der Waals surface area (Å²) in [5, 5.41) is 3.57. The Bertz CT molecular complexity index is 1310. The highest BCUT2D eigenvalue weighted by Gasteiger charge is 2.19. The van der Waals surface area contributed by atoms with Crippen molar-refractivity contribution in [2.75, 3.05) is 19.0 Å².